The molecular formula is C21H20N4O3S2. The van der Waals surface area contributed by atoms with Gasteiger partial charge in [0, 0.05) is 5.92 Å². The second-order valence-corrected chi connectivity index (χ2v) is 9.35. The normalized spacial score (nSPS) is 13.2. The molecule has 1 aliphatic carbocycles. The summed E-state index contributed by atoms with van der Waals surface area (Å²) in [6.45, 7) is 1.81. The number of fused-ring (bicyclic) bond motifs is 1. The van der Waals surface area contributed by atoms with Gasteiger partial charge < -0.3 is 11.1 Å². The zero-order valence-electron chi connectivity index (χ0n) is 16.2. The highest BCUT2D eigenvalue weighted by molar-refractivity contribution is 8.01. The quantitative estimate of drug-likeness (QED) is 0.484. The molecule has 0 unspecified atom stereocenters. The van der Waals surface area contributed by atoms with E-state index in [-0.39, 0.29) is 23.5 Å². The number of thiazole rings is 1. The van der Waals surface area contributed by atoms with Gasteiger partial charge in [0.25, 0.3) is 5.91 Å². The number of amides is 3. The van der Waals surface area contributed by atoms with E-state index in [1.54, 1.807) is 6.07 Å². The average molecular weight is 441 g/mol. The number of aryl methyl sites for hydroxylation is 1. The Morgan fingerprint density at radius 3 is 2.53 bits per heavy atom. The van der Waals surface area contributed by atoms with Gasteiger partial charge in [0.2, 0.25) is 11.8 Å². The number of aromatic nitrogens is 1. The van der Waals surface area contributed by atoms with Crippen LogP contribution in [0.4, 0.5) is 10.8 Å². The fourth-order valence-corrected chi connectivity index (χ4v) is 4.86. The third kappa shape index (κ3) is 4.63. The van der Waals surface area contributed by atoms with Gasteiger partial charge >= 0.3 is 0 Å². The van der Waals surface area contributed by atoms with E-state index in [1.807, 2.05) is 37.3 Å². The van der Waals surface area contributed by atoms with Crippen molar-refractivity contribution in [2.75, 3.05) is 16.4 Å². The summed E-state index contributed by atoms with van der Waals surface area (Å²) < 4.78 is 0.824. The van der Waals surface area contributed by atoms with E-state index < -0.39 is 5.91 Å². The van der Waals surface area contributed by atoms with Crippen molar-refractivity contribution >= 4 is 62.4 Å². The highest BCUT2D eigenvalue weighted by Gasteiger charge is 2.30. The summed E-state index contributed by atoms with van der Waals surface area (Å²) in [5.74, 6) is -0.649. The zero-order valence-corrected chi connectivity index (χ0v) is 17.9. The maximum atomic E-state index is 13.1. The van der Waals surface area contributed by atoms with Gasteiger partial charge in [-0.15, -0.1) is 11.8 Å². The van der Waals surface area contributed by atoms with E-state index in [2.05, 4.69) is 15.6 Å². The highest BCUT2D eigenvalue weighted by atomic mass is 32.2. The first kappa shape index (κ1) is 20.4. The molecule has 0 aliphatic heterocycles. The molecular weight excluding hydrogens is 420 g/mol. The van der Waals surface area contributed by atoms with Crippen molar-refractivity contribution in [2.24, 2.45) is 11.7 Å². The number of hydrogen-bond donors (Lipinski definition) is 3. The van der Waals surface area contributed by atoms with Crippen LogP contribution in [0.25, 0.3) is 10.8 Å². The molecule has 30 heavy (non-hydrogen) atoms. The van der Waals surface area contributed by atoms with Crippen LogP contribution in [0.2, 0.25) is 0 Å². The fourth-order valence-electron chi connectivity index (χ4n) is 2.98. The molecule has 1 aromatic heterocycles. The van der Waals surface area contributed by atoms with Crippen molar-refractivity contribution in [1.82, 2.24) is 4.98 Å². The number of nitrogens with zero attached hydrogens (tertiary/aromatic N) is 1. The fraction of sp³-hybridized carbons (Fsp3) is 0.238. The third-order valence-electron chi connectivity index (χ3n) is 4.66. The number of anilines is 2. The van der Waals surface area contributed by atoms with Crippen molar-refractivity contribution in [2.45, 2.75) is 24.0 Å². The molecule has 1 heterocycles. The number of nitrogens with two attached hydrogens (primary N) is 1. The first-order valence-corrected chi connectivity index (χ1v) is 11.2. The largest absolute Gasteiger partial charge is 0.369 e. The summed E-state index contributed by atoms with van der Waals surface area (Å²) in [5, 5.41) is 8.00. The van der Waals surface area contributed by atoms with Crippen molar-refractivity contribution in [3.05, 3.63) is 47.7 Å². The molecule has 1 fully saturated rings. The second kappa shape index (κ2) is 8.45. The Bertz CT molecular complexity index is 1150. The summed E-state index contributed by atoms with van der Waals surface area (Å²) in [5.41, 5.74) is 6.79. The molecule has 0 radical (unpaired) electrons. The molecule has 4 N–H and O–H groups in total. The number of nitrogens with one attached hydrogen (secondary N) is 2. The molecule has 0 spiro atoms. The van der Waals surface area contributed by atoms with Gasteiger partial charge in [-0.05, 0) is 42.7 Å². The minimum Gasteiger partial charge on any atom is -0.369 e. The smallest absolute Gasteiger partial charge is 0.259 e. The van der Waals surface area contributed by atoms with Crippen molar-refractivity contribution in [1.29, 1.82) is 0 Å². The maximum absolute atomic E-state index is 13.1. The molecule has 1 saturated carbocycles. The number of hydrogen-bond acceptors (Lipinski definition) is 6. The SMILES string of the molecule is Cc1nc(NC(=O)c2cc3ccccc3cc2NC(=O)C2CC2)sc1SCC(N)=O. The lowest BCUT2D eigenvalue weighted by atomic mass is 10.0. The molecule has 7 nitrogen and oxygen atoms in total. The van der Waals surface area contributed by atoms with Gasteiger partial charge in [-0.2, -0.15) is 0 Å². The van der Waals surface area contributed by atoms with Crippen molar-refractivity contribution in [3.8, 4) is 0 Å². The van der Waals surface area contributed by atoms with E-state index in [0.717, 1.165) is 33.5 Å². The van der Waals surface area contributed by atoms with Crippen LogP contribution in [0.15, 0.2) is 40.6 Å². The molecule has 0 saturated heterocycles. The number of rotatable bonds is 7. The summed E-state index contributed by atoms with van der Waals surface area (Å²) in [6, 6.07) is 11.3. The predicted molar refractivity (Wildman–Crippen MR) is 120 cm³/mol. The molecule has 4 rings (SSSR count). The summed E-state index contributed by atoms with van der Waals surface area (Å²) in [4.78, 5) is 40.8. The second-order valence-electron chi connectivity index (χ2n) is 7.11. The van der Waals surface area contributed by atoms with Crippen LogP contribution in [0.3, 0.4) is 0 Å². The van der Waals surface area contributed by atoms with Crippen LogP contribution >= 0.6 is 23.1 Å². The van der Waals surface area contributed by atoms with Gasteiger partial charge in [-0.25, -0.2) is 4.98 Å². The highest BCUT2D eigenvalue weighted by Crippen LogP contribution is 2.34. The average Bonchev–Trinajstić information content (AvgIpc) is 3.50. The topological polar surface area (TPSA) is 114 Å². The van der Waals surface area contributed by atoms with Crippen molar-refractivity contribution < 1.29 is 14.4 Å². The third-order valence-corrected chi connectivity index (χ3v) is 7.11. The van der Waals surface area contributed by atoms with Crippen LogP contribution in [0, 0.1) is 12.8 Å². The lowest BCUT2D eigenvalue weighted by Crippen LogP contribution is -2.19. The Morgan fingerprint density at radius 1 is 1.17 bits per heavy atom. The minimum absolute atomic E-state index is 0.0267. The summed E-state index contributed by atoms with van der Waals surface area (Å²) in [6.07, 6.45) is 1.76. The Kier molecular flexibility index (Phi) is 5.74. The first-order chi connectivity index (χ1) is 14.4. The van der Waals surface area contributed by atoms with Gasteiger partial charge in [0.15, 0.2) is 5.13 Å². The van der Waals surface area contributed by atoms with Gasteiger partial charge in [-0.3, -0.25) is 19.7 Å². The lowest BCUT2D eigenvalue weighted by molar-refractivity contribution is -0.117. The van der Waals surface area contributed by atoms with E-state index in [1.165, 1.54) is 23.1 Å². The van der Waals surface area contributed by atoms with E-state index in [9.17, 15) is 14.4 Å². The van der Waals surface area contributed by atoms with Crippen LogP contribution in [0.5, 0.6) is 0 Å². The van der Waals surface area contributed by atoms with Crippen LogP contribution in [-0.2, 0) is 9.59 Å². The Morgan fingerprint density at radius 2 is 1.87 bits per heavy atom. The monoisotopic (exact) mass is 440 g/mol. The van der Waals surface area contributed by atoms with Crippen LogP contribution in [0.1, 0.15) is 28.9 Å². The molecule has 154 valence electrons. The van der Waals surface area contributed by atoms with Gasteiger partial charge in [-0.1, -0.05) is 35.6 Å². The van der Waals surface area contributed by atoms with Gasteiger partial charge in [0.1, 0.15) is 0 Å². The molecule has 1 aliphatic rings. The molecule has 2 aromatic carbocycles. The van der Waals surface area contributed by atoms with Gasteiger partial charge in [0.05, 0.1) is 26.9 Å². The summed E-state index contributed by atoms with van der Waals surface area (Å²) >= 11 is 2.58. The summed E-state index contributed by atoms with van der Waals surface area (Å²) in [7, 11) is 0. The zero-order chi connectivity index (χ0) is 21.3. The molecule has 3 amide bonds. The van der Waals surface area contributed by atoms with E-state index in [4.69, 9.17) is 5.73 Å². The van der Waals surface area contributed by atoms with Crippen LogP contribution in [-0.4, -0.2) is 28.5 Å². The standard InChI is InChI=1S/C21H20N4O3S2/c1-11-20(29-10-17(22)26)30-21(23-11)25-19(28)15-8-13-4-2-3-5-14(13)9-16(15)24-18(27)12-6-7-12/h2-5,8-9,12H,6-7,10H2,1H3,(H2,22,26)(H,24,27)(H,23,25,28). The number of primary amides is 1. The maximum Gasteiger partial charge on any atom is 0.259 e. The number of carbonyl (C=O) groups is 3. The van der Waals surface area contributed by atoms with Crippen LogP contribution < -0.4 is 16.4 Å². The minimum atomic E-state index is -0.411. The molecule has 0 bridgehead atoms. The van der Waals surface area contributed by atoms with Crippen molar-refractivity contribution in [3.63, 3.8) is 0 Å². The molecule has 9 heteroatoms. The molecule has 3 aromatic rings. The number of thioether (sulfide) groups is 1. The Hall–Kier alpha value is -2.91. The molecule has 0 atom stereocenters. The number of carbonyl (C=O) groups excluding carboxylic acids is 3. The predicted octanol–water partition coefficient (Wildman–Crippen LogP) is 3.78. The number of benzene rings is 2. The van der Waals surface area contributed by atoms with E-state index in [0.29, 0.717) is 16.4 Å². The van der Waals surface area contributed by atoms with E-state index >= 15 is 0 Å². The Labute approximate surface area is 181 Å². The Balaban J connectivity index is 1.60. The first-order valence-electron chi connectivity index (χ1n) is 9.44. The lowest BCUT2D eigenvalue weighted by Gasteiger charge is -2.12.